The molecule has 0 heterocycles. The van der Waals surface area contributed by atoms with Gasteiger partial charge in [0, 0.05) is 30.2 Å². The molecule has 0 saturated carbocycles. The van der Waals surface area contributed by atoms with Gasteiger partial charge in [-0.1, -0.05) is 79.4 Å². The van der Waals surface area contributed by atoms with E-state index in [0.717, 1.165) is 48.3 Å². The number of hydrogen-bond donors (Lipinski definition) is 3. The van der Waals surface area contributed by atoms with Crippen LogP contribution in [0.1, 0.15) is 72.3 Å². The second kappa shape index (κ2) is 14.6. The number of carbonyl (C=O) groups excluding carboxylic acids is 1. The van der Waals surface area contributed by atoms with Crippen molar-refractivity contribution in [2.75, 3.05) is 20.8 Å². The summed E-state index contributed by atoms with van der Waals surface area (Å²) in [5.74, 6) is 0.878. The van der Waals surface area contributed by atoms with Gasteiger partial charge in [-0.25, -0.2) is 0 Å². The van der Waals surface area contributed by atoms with Crippen LogP contribution in [0.5, 0.6) is 5.75 Å². The number of allylic oxidation sites excluding steroid dienone is 4. The van der Waals surface area contributed by atoms with Crippen molar-refractivity contribution in [2.45, 2.75) is 63.3 Å². The molecule has 0 spiro atoms. The smallest absolute Gasteiger partial charge is 0.251 e. The summed E-state index contributed by atoms with van der Waals surface area (Å²) in [6.07, 6.45) is 6.55. The Labute approximate surface area is 247 Å². The zero-order chi connectivity index (χ0) is 29.4. The Morgan fingerprint density at radius 2 is 1.66 bits per heavy atom. The molecule has 6 nitrogen and oxygen atoms in total. The first-order chi connectivity index (χ1) is 19.8. The number of aliphatic hydroxyl groups is 2. The lowest BCUT2D eigenvalue weighted by Crippen LogP contribution is -2.39. The van der Waals surface area contributed by atoms with E-state index in [1.165, 1.54) is 29.2 Å². The third kappa shape index (κ3) is 7.77. The molecule has 41 heavy (non-hydrogen) atoms. The average molecular weight is 578 g/mol. The quantitative estimate of drug-likeness (QED) is 0.194. The van der Waals surface area contributed by atoms with Crippen LogP contribution in [0.15, 0.2) is 83.4 Å². The maximum atomic E-state index is 12.7. The third-order valence-electron chi connectivity index (χ3n) is 7.88. The number of halogens is 1. The van der Waals surface area contributed by atoms with E-state index in [0.29, 0.717) is 5.56 Å². The molecule has 3 N–H and O–H groups in total. The van der Waals surface area contributed by atoms with E-state index < -0.39 is 12.4 Å². The molecule has 4 unspecified atom stereocenters. The number of carbonyl (C=O) groups is 1. The summed E-state index contributed by atoms with van der Waals surface area (Å²) in [4.78, 5) is 12.7. The molecule has 3 aromatic rings. The maximum Gasteiger partial charge on any atom is 0.251 e. The Balaban J connectivity index is 1.68. The number of aliphatic hydroxyl groups excluding tert-OH is 2. The molecule has 0 saturated heterocycles. The molecule has 3 aromatic carbocycles. The molecule has 7 heteroatoms. The summed E-state index contributed by atoms with van der Waals surface area (Å²) in [6.45, 7) is 2.09. The second-order valence-electron chi connectivity index (χ2n) is 10.6. The molecule has 1 amide bonds. The summed E-state index contributed by atoms with van der Waals surface area (Å²) in [5, 5.41) is 25.3. The number of unbranched alkanes of at least 4 members (excludes halogenated alkanes) is 1. The van der Waals surface area contributed by atoms with Gasteiger partial charge < -0.3 is 25.0 Å². The van der Waals surface area contributed by atoms with Gasteiger partial charge in [-0.3, -0.25) is 4.79 Å². The van der Waals surface area contributed by atoms with Crippen LogP contribution in [-0.4, -0.2) is 49.3 Å². The van der Waals surface area contributed by atoms with Crippen LogP contribution < -0.4 is 10.1 Å². The van der Waals surface area contributed by atoms with Gasteiger partial charge in [-0.05, 0) is 77.4 Å². The Kier molecular flexibility index (Phi) is 11.0. The van der Waals surface area contributed by atoms with E-state index >= 15 is 0 Å². The Morgan fingerprint density at radius 1 is 0.951 bits per heavy atom. The van der Waals surface area contributed by atoms with E-state index in [1.807, 2.05) is 36.4 Å². The number of benzene rings is 3. The molecule has 0 bridgehead atoms. The predicted molar refractivity (Wildman–Crippen MR) is 165 cm³/mol. The molecular formula is C34H40ClNO5. The predicted octanol–water partition coefficient (Wildman–Crippen LogP) is 6.80. The highest BCUT2D eigenvalue weighted by Gasteiger charge is 2.29. The van der Waals surface area contributed by atoms with Crippen LogP contribution in [0, 0.1) is 0 Å². The molecule has 4 rings (SSSR count). The van der Waals surface area contributed by atoms with Gasteiger partial charge in [0.15, 0.2) is 6.29 Å². The van der Waals surface area contributed by atoms with Gasteiger partial charge in [-0.15, -0.1) is 0 Å². The molecule has 1 aliphatic carbocycles. The van der Waals surface area contributed by atoms with E-state index in [9.17, 15) is 15.0 Å². The van der Waals surface area contributed by atoms with Crippen molar-refractivity contribution in [2.24, 2.45) is 0 Å². The van der Waals surface area contributed by atoms with Crippen molar-refractivity contribution in [1.29, 1.82) is 0 Å². The van der Waals surface area contributed by atoms with Crippen molar-refractivity contribution in [1.82, 2.24) is 5.32 Å². The van der Waals surface area contributed by atoms with Crippen LogP contribution >= 0.6 is 11.6 Å². The van der Waals surface area contributed by atoms with Crippen LogP contribution in [0.2, 0.25) is 0 Å². The van der Waals surface area contributed by atoms with Gasteiger partial charge in [0.2, 0.25) is 0 Å². The fraction of sp³-hybridized carbons (Fsp3) is 0.382. The summed E-state index contributed by atoms with van der Waals surface area (Å²) >= 11 is 6.37. The molecule has 0 aliphatic heterocycles. The number of rotatable bonds is 13. The number of nitrogens with one attached hydrogen (secondary N) is 1. The average Bonchev–Trinajstić information content (AvgIpc) is 3.01. The van der Waals surface area contributed by atoms with Crippen LogP contribution in [0.4, 0.5) is 0 Å². The molecule has 4 atom stereocenters. The highest BCUT2D eigenvalue weighted by molar-refractivity contribution is 6.29. The Bertz CT molecular complexity index is 1380. The largest absolute Gasteiger partial charge is 0.497 e. The zero-order valence-electron chi connectivity index (χ0n) is 24.0. The van der Waals surface area contributed by atoms with Crippen molar-refractivity contribution in [3.05, 3.63) is 100 Å². The summed E-state index contributed by atoms with van der Waals surface area (Å²) < 4.78 is 10.1. The van der Waals surface area contributed by atoms with Crippen molar-refractivity contribution in [3.8, 4) is 5.75 Å². The Hall–Kier alpha value is -3.16. The van der Waals surface area contributed by atoms with Crippen LogP contribution in [0.3, 0.4) is 0 Å². The topological polar surface area (TPSA) is 88.0 Å². The van der Waals surface area contributed by atoms with E-state index in [4.69, 9.17) is 21.1 Å². The lowest BCUT2D eigenvalue weighted by molar-refractivity contribution is -0.141. The van der Waals surface area contributed by atoms with Gasteiger partial charge in [0.05, 0.1) is 7.11 Å². The standard InChI is InChI=1S/C34H40ClNO5/c1-4-5-6-30(22-7-9-24(10-8-22)33(38)36-21-31(37)34(39)41-3)32(23-13-16-28(35)17-14-23)27-12-11-26-20-29(40-2)18-15-25(26)19-27/h7-13,15-16,18-20,30-32,34,37,39H,4-6,14,17,21H2,1-3H3,(H,36,38). The fourth-order valence-corrected chi connectivity index (χ4v) is 5.70. The lowest BCUT2D eigenvalue weighted by Gasteiger charge is -2.32. The van der Waals surface area contributed by atoms with E-state index in [2.05, 4.69) is 48.6 Å². The van der Waals surface area contributed by atoms with Crippen LogP contribution in [-0.2, 0) is 4.74 Å². The summed E-state index contributed by atoms with van der Waals surface area (Å²) in [7, 11) is 2.97. The number of amides is 1. The zero-order valence-corrected chi connectivity index (χ0v) is 24.7. The SMILES string of the molecule is CCCCC(c1ccc(C(=O)NCC(O)C(O)OC)cc1)C(C1=CC=C(Cl)CC1)c1ccc2cc(OC)ccc2c1. The Morgan fingerprint density at radius 3 is 2.32 bits per heavy atom. The minimum absolute atomic E-state index is 0.116. The van der Waals surface area contributed by atoms with Crippen molar-refractivity contribution < 1.29 is 24.5 Å². The minimum atomic E-state index is -1.36. The van der Waals surface area contributed by atoms with Gasteiger partial charge >= 0.3 is 0 Å². The van der Waals surface area contributed by atoms with Gasteiger partial charge in [0.1, 0.15) is 11.9 Å². The van der Waals surface area contributed by atoms with Crippen LogP contribution in [0.25, 0.3) is 10.8 Å². The van der Waals surface area contributed by atoms with E-state index in [-0.39, 0.29) is 24.3 Å². The first-order valence-corrected chi connectivity index (χ1v) is 14.6. The van der Waals surface area contributed by atoms with Gasteiger partial charge in [0.25, 0.3) is 5.91 Å². The first-order valence-electron chi connectivity index (χ1n) is 14.2. The lowest BCUT2D eigenvalue weighted by atomic mass is 9.72. The minimum Gasteiger partial charge on any atom is -0.497 e. The summed E-state index contributed by atoms with van der Waals surface area (Å²) in [6, 6.07) is 20.6. The molecule has 0 radical (unpaired) electrons. The maximum absolute atomic E-state index is 12.7. The third-order valence-corrected chi connectivity index (χ3v) is 8.19. The number of hydrogen-bond acceptors (Lipinski definition) is 5. The van der Waals surface area contributed by atoms with E-state index in [1.54, 1.807) is 7.11 Å². The fourth-order valence-electron chi connectivity index (χ4n) is 5.54. The highest BCUT2D eigenvalue weighted by atomic mass is 35.5. The first kappa shape index (κ1) is 30.8. The molecule has 0 aromatic heterocycles. The number of fused-ring (bicyclic) bond motifs is 1. The normalized spacial score (nSPS) is 16.3. The number of methoxy groups -OCH3 is 2. The second-order valence-corrected chi connectivity index (χ2v) is 11.1. The van der Waals surface area contributed by atoms with Gasteiger partial charge in [-0.2, -0.15) is 0 Å². The highest BCUT2D eigenvalue weighted by Crippen LogP contribution is 2.45. The molecule has 218 valence electrons. The molecule has 0 fully saturated rings. The molecule has 1 aliphatic rings. The van der Waals surface area contributed by atoms with Crippen molar-refractivity contribution >= 4 is 28.3 Å². The number of ether oxygens (including phenoxy) is 2. The summed E-state index contributed by atoms with van der Waals surface area (Å²) in [5.41, 5.74) is 4.28. The molecular weight excluding hydrogens is 538 g/mol. The van der Waals surface area contributed by atoms with Crippen molar-refractivity contribution in [3.63, 3.8) is 0 Å². The monoisotopic (exact) mass is 577 g/mol.